The Hall–Kier alpha value is -1.75. The van der Waals surface area contributed by atoms with E-state index in [1.807, 2.05) is 36.5 Å². The first-order valence-electron chi connectivity index (χ1n) is 7.11. The van der Waals surface area contributed by atoms with E-state index in [4.69, 9.17) is 0 Å². The molecule has 0 radical (unpaired) electrons. The van der Waals surface area contributed by atoms with Crippen LogP contribution in [0.15, 0.2) is 38.2 Å². The highest BCUT2D eigenvalue weighted by atomic mass is 32.2. The van der Waals surface area contributed by atoms with Crippen molar-refractivity contribution in [3.63, 3.8) is 0 Å². The molecule has 8 nitrogen and oxygen atoms in total. The van der Waals surface area contributed by atoms with Crippen molar-refractivity contribution in [3.8, 4) is 0 Å². The molecule has 10 heteroatoms. The molecule has 2 rings (SSSR count). The Labute approximate surface area is 144 Å². The Kier molecular flexibility index (Phi) is 5.43. The molecule has 0 bridgehead atoms. The van der Waals surface area contributed by atoms with Gasteiger partial charge in [-0.15, -0.1) is 11.3 Å². The van der Waals surface area contributed by atoms with E-state index in [0.29, 0.717) is 0 Å². The fourth-order valence-electron chi connectivity index (χ4n) is 2.24. The van der Waals surface area contributed by atoms with Crippen molar-refractivity contribution in [3.05, 3.63) is 49.4 Å². The number of thiophene rings is 1. The topological polar surface area (TPSA) is 93.4 Å². The summed E-state index contributed by atoms with van der Waals surface area (Å²) in [6.07, 6.45) is 1.04. The van der Waals surface area contributed by atoms with Crippen LogP contribution in [-0.4, -0.2) is 43.1 Å². The number of sulfonamides is 1. The Bertz CT molecular complexity index is 927. The maximum Gasteiger partial charge on any atom is 0.330 e. The Morgan fingerprint density at radius 3 is 2.50 bits per heavy atom. The van der Waals surface area contributed by atoms with Crippen molar-refractivity contribution in [2.75, 3.05) is 20.6 Å². The molecule has 0 fully saturated rings. The number of hydrogen-bond donors (Lipinski definition) is 1. The van der Waals surface area contributed by atoms with E-state index in [2.05, 4.69) is 4.72 Å². The van der Waals surface area contributed by atoms with E-state index >= 15 is 0 Å². The quantitative estimate of drug-likeness (QED) is 0.753. The summed E-state index contributed by atoms with van der Waals surface area (Å²) >= 11 is 1.53. The molecule has 24 heavy (non-hydrogen) atoms. The molecule has 132 valence electrons. The summed E-state index contributed by atoms with van der Waals surface area (Å²) in [4.78, 5) is 26.3. The molecule has 2 heterocycles. The summed E-state index contributed by atoms with van der Waals surface area (Å²) in [5, 5.41) is 1.92. The van der Waals surface area contributed by atoms with Crippen molar-refractivity contribution >= 4 is 21.4 Å². The van der Waals surface area contributed by atoms with E-state index in [1.54, 1.807) is 0 Å². The van der Waals surface area contributed by atoms with Gasteiger partial charge in [-0.1, -0.05) is 6.07 Å². The first-order valence-corrected chi connectivity index (χ1v) is 9.47. The molecule has 2 aromatic heterocycles. The molecule has 0 aliphatic rings. The molecule has 0 aliphatic carbocycles. The highest BCUT2D eigenvalue weighted by Crippen LogP contribution is 2.22. The van der Waals surface area contributed by atoms with E-state index in [1.165, 1.54) is 25.4 Å². The fourth-order valence-corrected chi connectivity index (χ4v) is 4.36. The largest absolute Gasteiger partial charge is 0.330 e. The van der Waals surface area contributed by atoms with Gasteiger partial charge in [0, 0.05) is 31.7 Å². The highest BCUT2D eigenvalue weighted by molar-refractivity contribution is 7.89. The first kappa shape index (κ1) is 18.6. The van der Waals surface area contributed by atoms with Crippen LogP contribution in [0.5, 0.6) is 0 Å². The number of aromatic nitrogens is 2. The van der Waals surface area contributed by atoms with Crippen LogP contribution in [-0.2, 0) is 24.1 Å². The second-order valence-electron chi connectivity index (χ2n) is 5.60. The van der Waals surface area contributed by atoms with Crippen LogP contribution >= 0.6 is 11.3 Å². The van der Waals surface area contributed by atoms with Gasteiger partial charge in [0.2, 0.25) is 10.0 Å². The van der Waals surface area contributed by atoms with Crippen molar-refractivity contribution in [1.82, 2.24) is 18.8 Å². The highest BCUT2D eigenvalue weighted by Gasteiger charge is 2.24. The predicted molar refractivity (Wildman–Crippen MR) is 92.9 cm³/mol. The lowest BCUT2D eigenvalue weighted by atomic mass is 10.2. The number of nitrogens with one attached hydrogen (secondary N) is 1. The molecular formula is C14H20N4O4S2. The van der Waals surface area contributed by atoms with Gasteiger partial charge in [0.15, 0.2) is 4.90 Å². The van der Waals surface area contributed by atoms with Crippen LogP contribution in [0.4, 0.5) is 0 Å². The molecule has 0 aromatic carbocycles. The number of rotatable bonds is 6. The van der Waals surface area contributed by atoms with E-state index < -0.39 is 26.2 Å². The minimum Gasteiger partial charge on any atom is -0.302 e. The third-order valence-electron chi connectivity index (χ3n) is 3.67. The van der Waals surface area contributed by atoms with Crippen molar-refractivity contribution < 1.29 is 8.42 Å². The van der Waals surface area contributed by atoms with E-state index in [-0.39, 0.29) is 12.6 Å². The molecular weight excluding hydrogens is 352 g/mol. The molecule has 1 atom stereocenters. The Morgan fingerprint density at radius 1 is 1.29 bits per heavy atom. The minimum absolute atomic E-state index is 0.113. The molecule has 0 unspecified atom stereocenters. The van der Waals surface area contributed by atoms with Crippen LogP contribution in [0, 0.1) is 0 Å². The number of aryl methyl sites for hydroxylation is 1. The summed E-state index contributed by atoms with van der Waals surface area (Å²) in [6.45, 7) is 0.113. The smallest absolute Gasteiger partial charge is 0.302 e. The number of hydrogen-bond acceptors (Lipinski definition) is 6. The maximum absolute atomic E-state index is 12.5. The molecule has 0 saturated carbocycles. The number of nitrogens with zero attached hydrogens (tertiary/aromatic N) is 3. The summed E-state index contributed by atoms with van der Waals surface area (Å²) in [5.74, 6) is 0. The molecule has 2 aromatic rings. The van der Waals surface area contributed by atoms with Gasteiger partial charge < -0.3 is 9.47 Å². The average molecular weight is 372 g/mol. The molecule has 0 saturated heterocycles. The van der Waals surface area contributed by atoms with E-state index in [9.17, 15) is 18.0 Å². The summed E-state index contributed by atoms with van der Waals surface area (Å²) in [7, 11) is 2.31. The third kappa shape index (κ3) is 3.66. The van der Waals surface area contributed by atoms with Crippen LogP contribution < -0.4 is 16.0 Å². The standard InChI is InChI=1S/C14H20N4O4S2/c1-16(2)10(11-6-5-7-23-11)8-15-24(21,22)12-9-17(3)14(20)18(4)13(12)19/h5-7,9-10,15H,8H2,1-4H3/t10-/m1/s1. The maximum atomic E-state index is 12.5. The van der Waals surface area contributed by atoms with Crippen molar-refractivity contribution in [2.24, 2.45) is 14.1 Å². The monoisotopic (exact) mass is 372 g/mol. The fraction of sp³-hybridized carbons (Fsp3) is 0.429. The van der Waals surface area contributed by atoms with Crippen LogP contribution in [0.25, 0.3) is 0 Å². The lowest BCUT2D eigenvalue weighted by Gasteiger charge is -2.23. The third-order valence-corrected chi connectivity index (χ3v) is 6.05. The zero-order chi connectivity index (χ0) is 18.1. The van der Waals surface area contributed by atoms with E-state index in [0.717, 1.165) is 20.2 Å². The van der Waals surface area contributed by atoms with Crippen LogP contribution in [0.3, 0.4) is 0 Å². The Balaban J connectivity index is 2.33. The summed E-state index contributed by atoms with van der Waals surface area (Å²) in [5.41, 5.74) is -1.42. The Morgan fingerprint density at radius 2 is 1.96 bits per heavy atom. The van der Waals surface area contributed by atoms with Gasteiger partial charge in [-0.3, -0.25) is 9.36 Å². The lowest BCUT2D eigenvalue weighted by molar-refractivity contribution is 0.303. The van der Waals surface area contributed by atoms with Gasteiger partial charge in [-0.25, -0.2) is 17.9 Å². The van der Waals surface area contributed by atoms with Gasteiger partial charge >= 0.3 is 5.69 Å². The second kappa shape index (κ2) is 7.01. The van der Waals surface area contributed by atoms with Gasteiger partial charge in [-0.05, 0) is 25.5 Å². The molecule has 0 spiro atoms. The van der Waals surface area contributed by atoms with Gasteiger partial charge in [0.25, 0.3) is 5.56 Å². The zero-order valence-corrected chi connectivity index (χ0v) is 15.5. The minimum atomic E-state index is -4.04. The summed E-state index contributed by atoms with van der Waals surface area (Å²) < 4.78 is 29.3. The van der Waals surface area contributed by atoms with Crippen LogP contribution in [0.1, 0.15) is 10.9 Å². The normalized spacial score (nSPS) is 13.4. The first-order chi connectivity index (χ1) is 11.1. The summed E-state index contributed by atoms with van der Waals surface area (Å²) in [6, 6.07) is 3.67. The number of likely N-dealkylation sites (N-methyl/N-ethyl adjacent to an activating group) is 1. The van der Waals surface area contributed by atoms with Crippen molar-refractivity contribution in [2.45, 2.75) is 10.9 Å². The molecule has 1 N–H and O–H groups in total. The molecule has 0 amide bonds. The van der Waals surface area contributed by atoms with Gasteiger partial charge in [0.05, 0.1) is 6.04 Å². The van der Waals surface area contributed by atoms with Crippen molar-refractivity contribution in [1.29, 1.82) is 0 Å². The predicted octanol–water partition coefficient (Wildman–Crippen LogP) is -0.273. The second-order valence-corrected chi connectivity index (χ2v) is 8.31. The van der Waals surface area contributed by atoms with Crippen LogP contribution in [0.2, 0.25) is 0 Å². The average Bonchev–Trinajstić information content (AvgIpc) is 3.02. The SMILES string of the molecule is CN(C)[C@H](CNS(=O)(=O)c1cn(C)c(=O)n(C)c1=O)c1cccs1. The molecule has 0 aliphatic heterocycles. The van der Waals surface area contributed by atoms with Gasteiger partial charge in [0.1, 0.15) is 0 Å². The lowest BCUT2D eigenvalue weighted by Crippen LogP contribution is -2.42. The van der Waals surface area contributed by atoms with Gasteiger partial charge in [-0.2, -0.15) is 0 Å². The zero-order valence-electron chi connectivity index (χ0n) is 13.9.